The van der Waals surface area contributed by atoms with E-state index in [1.54, 1.807) is 0 Å². The van der Waals surface area contributed by atoms with Gasteiger partial charge in [-0.3, -0.25) is 4.79 Å². The van der Waals surface area contributed by atoms with Crippen LogP contribution in [0.15, 0.2) is 30.5 Å². The summed E-state index contributed by atoms with van der Waals surface area (Å²) >= 11 is 0. The van der Waals surface area contributed by atoms with E-state index in [0.29, 0.717) is 18.3 Å². The quantitative estimate of drug-likeness (QED) is 0.500. The number of halogens is 1. The van der Waals surface area contributed by atoms with Crippen molar-refractivity contribution in [1.82, 2.24) is 5.32 Å². The van der Waals surface area contributed by atoms with Crippen molar-refractivity contribution < 1.29 is 13.9 Å². The van der Waals surface area contributed by atoms with Crippen molar-refractivity contribution >= 4 is 5.91 Å². The van der Waals surface area contributed by atoms with E-state index in [2.05, 4.69) is 39.6 Å². The van der Waals surface area contributed by atoms with Crippen LogP contribution in [0.2, 0.25) is 0 Å². The molecule has 0 bridgehead atoms. The van der Waals surface area contributed by atoms with Crippen LogP contribution in [0.25, 0.3) is 0 Å². The van der Waals surface area contributed by atoms with E-state index in [4.69, 9.17) is 4.74 Å². The highest BCUT2D eigenvalue weighted by Crippen LogP contribution is 2.29. The van der Waals surface area contributed by atoms with Crippen molar-refractivity contribution in [1.29, 1.82) is 0 Å². The van der Waals surface area contributed by atoms with Crippen molar-refractivity contribution in [3.05, 3.63) is 41.9 Å². The van der Waals surface area contributed by atoms with Crippen molar-refractivity contribution in [2.75, 3.05) is 6.61 Å². The van der Waals surface area contributed by atoms with Crippen LogP contribution in [0.1, 0.15) is 84.1 Å². The van der Waals surface area contributed by atoms with E-state index >= 15 is 0 Å². The van der Waals surface area contributed by atoms with Gasteiger partial charge in [-0.05, 0) is 54.7 Å². The Morgan fingerprint density at radius 3 is 2.71 bits per heavy atom. The molecule has 1 saturated heterocycles. The number of nitrogens with one attached hydrogen (secondary N) is 1. The van der Waals surface area contributed by atoms with Crippen LogP contribution in [0.3, 0.4) is 0 Å². The number of hydrogen-bond donors (Lipinski definition) is 1. The molecule has 1 fully saturated rings. The minimum Gasteiger partial charge on any atom is -0.490 e. The maximum absolute atomic E-state index is 14.0. The largest absolute Gasteiger partial charge is 0.490 e. The zero-order valence-corrected chi connectivity index (χ0v) is 17.9. The van der Waals surface area contributed by atoms with Gasteiger partial charge in [0.2, 0.25) is 5.91 Å². The van der Waals surface area contributed by atoms with Crippen molar-refractivity contribution in [3.8, 4) is 5.75 Å². The molecule has 0 aromatic heterocycles. The van der Waals surface area contributed by atoms with E-state index in [9.17, 15) is 9.18 Å². The number of hydrogen-bond acceptors (Lipinski definition) is 2. The summed E-state index contributed by atoms with van der Waals surface area (Å²) in [6, 6.07) is 5.23. The highest BCUT2D eigenvalue weighted by atomic mass is 19.1. The first kappa shape index (κ1) is 22.4. The molecular formula is C24H36FNO2. The maximum Gasteiger partial charge on any atom is 0.227 e. The average molecular weight is 390 g/mol. The van der Waals surface area contributed by atoms with Crippen LogP contribution in [0.5, 0.6) is 5.75 Å². The molecule has 1 N–H and O–H groups in total. The standard InChI is InChI=1S/C24H36FNO2/c1-17(9-7-6-8-10-19-12-11-18(2)26-23(19)27)20-13-14-21(25)22(15-20)28-16-24(3,4)5/h13-15,17,19H,2,6-12,16H2,1,3-5H3,(H,26,27). The van der Waals surface area contributed by atoms with Gasteiger partial charge in [0.1, 0.15) is 0 Å². The molecule has 0 saturated carbocycles. The monoisotopic (exact) mass is 389 g/mol. The second-order valence-electron chi connectivity index (χ2n) is 9.41. The molecule has 1 amide bonds. The second-order valence-corrected chi connectivity index (χ2v) is 9.41. The number of amides is 1. The Kier molecular flexibility index (Phi) is 8.09. The highest BCUT2D eigenvalue weighted by molar-refractivity contribution is 5.81. The number of ether oxygens (including phenoxy) is 1. The third kappa shape index (κ3) is 7.29. The van der Waals surface area contributed by atoms with Crippen LogP contribution >= 0.6 is 0 Å². The number of carbonyl (C=O) groups excluding carboxylic acids is 1. The molecule has 1 heterocycles. The molecule has 1 aliphatic heterocycles. The van der Waals surface area contributed by atoms with Gasteiger partial charge in [0.15, 0.2) is 11.6 Å². The number of unbranched alkanes of at least 4 members (excludes halogenated alkanes) is 2. The fourth-order valence-corrected chi connectivity index (χ4v) is 3.51. The molecule has 3 nitrogen and oxygen atoms in total. The fourth-order valence-electron chi connectivity index (χ4n) is 3.51. The first-order valence-electron chi connectivity index (χ1n) is 10.6. The molecule has 1 aromatic carbocycles. The van der Waals surface area contributed by atoms with E-state index < -0.39 is 0 Å². The van der Waals surface area contributed by atoms with Gasteiger partial charge in [0.25, 0.3) is 0 Å². The smallest absolute Gasteiger partial charge is 0.227 e. The van der Waals surface area contributed by atoms with Crippen molar-refractivity contribution in [3.63, 3.8) is 0 Å². The van der Waals surface area contributed by atoms with Gasteiger partial charge < -0.3 is 10.1 Å². The van der Waals surface area contributed by atoms with E-state index in [0.717, 1.165) is 56.2 Å². The van der Waals surface area contributed by atoms with Gasteiger partial charge in [-0.2, -0.15) is 0 Å². The van der Waals surface area contributed by atoms with Crippen molar-refractivity contribution in [2.45, 2.75) is 78.6 Å². The van der Waals surface area contributed by atoms with Crippen LogP contribution in [0.4, 0.5) is 4.39 Å². The zero-order valence-electron chi connectivity index (χ0n) is 17.9. The Labute approximate surface area is 169 Å². The molecule has 0 spiro atoms. The molecule has 2 atom stereocenters. The summed E-state index contributed by atoms with van der Waals surface area (Å²) < 4.78 is 19.7. The Balaban J connectivity index is 1.74. The summed E-state index contributed by atoms with van der Waals surface area (Å²) in [5.41, 5.74) is 1.96. The van der Waals surface area contributed by atoms with Gasteiger partial charge in [-0.25, -0.2) is 4.39 Å². The summed E-state index contributed by atoms with van der Waals surface area (Å²) in [4.78, 5) is 11.9. The zero-order chi connectivity index (χ0) is 20.7. The summed E-state index contributed by atoms with van der Waals surface area (Å²) in [5.74, 6) is 0.693. The summed E-state index contributed by atoms with van der Waals surface area (Å²) in [7, 11) is 0. The predicted molar refractivity (Wildman–Crippen MR) is 113 cm³/mol. The number of piperidine rings is 1. The van der Waals surface area contributed by atoms with Crippen LogP contribution < -0.4 is 10.1 Å². The molecule has 1 aliphatic rings. The molecule has 2 unspecified atom stereocenters. The lowest BCUT2D eigenvalue weighted by atomic mass is 9.90. The van der Waals surface area contributed by atoms with Gasteiger partial charge in [0, 0.05) is 11.6 Å². The Bertz CT molecular complexity index is 678. The molecule has 28 heavy (non-hydrogen) atoms. The Morgan fingerprint density at radius 1 is 1.29 bits per heavy atom. The van der Waals surface area contributed by atoms with Crippen LogP contribution in [0, 0.1) is 17.2 Å². The van der Waals surface area contributed by atoms with E-state index in [-0.39, 0.29) is 23.1 Å². The number of rotatable bonds is 9. The summed E-state index contributed by atoms with van der Waals surface area (Å²) in [6.07, 6.45) is 7.13. The molecule has 156 valence electrons. The highest BCUT2D eigenvalue weighted by Gasteiger charge is 2.23. The van der Waals surface area contributed by atoms with E-state index in [1.165, 1.54) is 6.07 Å². The van der Waals surface area contributed by atoms with Gasteiger partial charge in [0.05, 0.1) is 6.61 Å². The molecule has 2 rings (SSSR count). The lowest BCUT2D eigenvalue weighted by Crippen LogP contribution is -2.34. The number of carbonyl (C=O) groups is 1. The van der Waals surface area contributed by atoms with E-state index in [1.807, 2.05) is 12.1 Å². The molecular weight excluding hydrogens is 353 g/mol. The maximum atomic E-state index is 14.0. The Morgan fingerprint density at radius 2 is 2.04 bits per heavy atom. The van der Waals surface area contributed by atoms with Gasteiger partial charge in [-0.1, -0.05) is 59.6 Å². The predicted octanol–water partition coefficient (Wildman–Crippen LogP) is 6.34. The first-order valence-corrected chi connectivity index (χ1v) is 10.6. The molecule has 0 aliphatic carbocycles. The van der Waals surface area contributed by atoms with Crippen LogP contribution in [-0.2, 0) is 4.79 Å². The fraction of sp³-hybridized carbons (Fsp3) is 0.625. The normalized spacial score (nSPS) is 18.7. The SMILES string of the molecule is C=C1CCC(CCCCCC(C)c2ccc(F)c(OCC(C)(C)C)c2)C(=O)N1. The van der Waals surface area contributed by atoms with Gasteiger partial charge in [-0.15, -0.1) is 0 Å². The average Bonchev–Trinajstić information content (AvgIpc) is 2.61. The molecule has 1 aromatic rings. The summed E-state index contributed by atoms with van der Waals surface area (Å²) in [6.45, 7) is 12.7. The lowest BCUT2D eigenvalue weighted by molar-refractivity contribution is -0.125. The minimum absolute atomic E-state index is 0.00344. The number of allylic oxidation sites excluding steroid dienone is 1. The van der Waals surface area contributed by atoms with Gasteiger partial charge >= 0.3 is 0 Å². The van der Waals surface area contributed by atoms with Crippen molar-refractivity contribution in [2.24, 2.45) is 11.3 Å². The summed E-state index contributed by atoms with van der Waals surface area (Å²) in [5, 5.41) is 2.86. The Hall–Kier alpha value is -1.84. The topological polar surface area (TPSA) is 38.3 Å². The molecule has 0 radical (unpaired) electrons. The third-order valence-electron chi connectivity index (χ3n) is 5.34. The minimum atomic E-state index is -0.298. The first-order chi connectivity index (χ1) is 13.2. The lowest BCUT2D eigenvalue weighted by Gasteiger charge is -2.23. The van der Waals surface area contributed by atoms with Crippen LogP contribution in [-0.4, -0.2) is 12.5 Å². The number of benzene rings is 1. The third-order valence-corrected chi connectivity index (χ3v) is 5.34. The second kappa shape index (κ2) is 10.1. The molecule has 4 heteroatoms.